The number of aliphatic hydroxyl groups is 1. The minimum Gasteiger partial charge on any atom is -0.388 e. The summed E-state index contributed by atoms with van der Waals surface area (Å²) in [6.07, 6.45) is 0.318. The van der Waals surface area contributed by atoms with E-state index in [0.717, 1.165) is 22.6 Å². The van der Waals surface area contributed by atoms with Crippen LogP contribution in [0.1, 0.15) is 24.2 Å². The van der Waals surface area contributed by atoms with E-state index in [1.54, 1.807) is 0 Å². The molecule has 94 valence electrons. The maximum absolute atomic E-state index is 10.3. The van der Waals surface area contributed by atoms with Gasteiger partial charge < -0.3 is 5.11 Å². The number of halogens is 1. The number of rotatable bonds is 4. The predicted octanol–water partition coefficient (Wildman–Crippen LogP) is 4.25. The zero-order valence-corrected chi connectivity index (χ0v) is 11.1. The summed E-state index contributed by atoms with van der Waals surface area (Å²) in [6.45, 7) is 2.04. The van der Waals surface area contributed by atoms with E-state index < -0.39 is 6.10 Å². The fraction of sp³-hybridized carbons (Fsp3) is 0.250. The fourth-order valence-electron chi connectivity index (χ4n) is 2.10. The van der Waals surface area contributed by atoms with Crippen LogP contribution in [0.3, 0.4) is 0 Å². The normalized spacial score (nSPS) is 14.2. The minimum absolute atomic E-state index is 0.132. The van der Waals surface area contributed by atoms with Crippen LogP contribution in [0.2, 0.25) is 5.02 Å². The molecule has 2 aromatic rings. The first-order valence-corrected chi connectivity index (χ1v) is 6.52. The Morgan fingerprint density at radius 3 is 2.28 bits per heavy atom. The number of aliphatic hydroxyl groups excluding tert-OH is 1. The summed E-state index contributed by atoms with van der Waals surface area (Å²) in [5, 5.41) is 11.1. The Morgan fingerprint density at radius 1 is 1.00 bits per heavy atom. The molecule has 18 heavy (non-hydrogen) atoms. The Balaban J connectivity index is 2.09. The van der Waals surface area contributed by atoms with Gasteiger partial charge in [-0.15, -0.1) is 0 Å². The van der Waals surface area contributed by atoms with Crippen LogP contribution >= 0.6 is 11.6 Å². The molecule has 2 aromatic carbocycles. The molecular weight excluding hydrogens is 244 g/mol. The van der Waals surface area contributed by atoms with Gasteiger partial charge in [0.2, 0.25) is 0 Å². The maximum Gasteiger partial charge on any atom is 0.0818 e. The first-order valence-electron chi connectivity index (χ1n) is 6.15. The molecule has 1 N–H and O–H groups in total. The van der Waals surface area contributed by atoms with Crippen molar-refractivity contribution in [3.63, 3.8) is 0 Å². The van der Waals surface area contributed by atoms with Gasteiger partial charge in [-0.05, 0) is 29.5 Å². The molecule has 2 unspecified atom stereocenters. The molecule has 0 heterocycles. The van der Waals surface area contributed by atoms with E-state index in [9.17, 15) is 5.11 Å². The van der Waals surface area contributed by atoms with Crippen LogP contribution in [0.25, 0.3) is 0 Å². The molecule has 2 heteroatoms. The van der Waals surface area contributed by atoms with Gasteiger partial charge in [0.25, 0.3) is 0 Å². The summed E-state index contributed by atoms with van der Waals surface area (Å²) in [6, 6.07) is 17.5. The first-order chi connectivity index (χ1) is 8.68. The molecule has 0 fully saturated rings. The average molecular weight is 261 g/mol. The molecule has 0 saturated heterocycles. The van der Waals surface area contributed by atoms with Gasteiger partial charge in [0.15, 0.2) is 0 Å². The molecule has 0 amide bonds. The lowest BCUT2D eigenvalue weighted by atomic mass is 9.91. The second kappa shape index (κ2) is 6.03. The highest BCUT2D eigenvalue weighted by Gasteiger charge is 2.17. The third-order valence-corrected chi connectivity index (χ3v) is 3.55. The number of hydrogen-bond acceptors (Lipinski definition) is 1. The van der Waals surface area contributed by atoms with Gasteiger partial charge in [0.1, 0.15) is 0 Å². The van der Waals surface area contributed by atoms with E-state index in [-0.39, 0.29) is 5.92 Å². The SMILES string of the molecule is CC(Cc1ccccc1Cl)C(O)c1ccccc1. The molecule has 0 saturated carbocycles. The Bertz CT molecular complexity index is 495. The molecule has 2 atom stereocenters. The van der Waals surface area contributed by atoms with Crippen LogP contribution in [0, 0.1) is 5.92 Å². The van der Waals surface area contributed by atoms with Crippen LogP contribution in [0.4, 0.5) is 0 Å². The molecule has 0 aromatic heterocycles. The van der Waals surface area contributed by atoms with Gasteiger partial charge >= 0.3 is 0 Å². The van der Waals surface area contributed by atoms with Crippen LogP contribution in [0.5, 0.6) is 0 Å². The van der Waals surface area contributed by atoms with E-state index in [1.165, 1.54) is 0 Å². The molecule has 0 radical (unpaired) electrons. The summed E-state index contributed by atoms with van der Waals surface area (Å²) >= 11 is 6.14. The molecular formula is C16H17ClO. The lowest BCUT2D eigenvalue weighted by molar-refractivity contribution is 0.117. The molecule has 0 aliphatic heterocycles. The Hall–Kier alpha value is -1.31. The van der Waals surface area contributed by atoms with Crippen molar-refractivity contribution in [3.05, 3.63) is 70.7 Å². The predicted molar refractivity (Wildman–Crippen MR) is 75.7 cm³/mol. The van der Waals surface area contributed by atoms with Crippen molar-refractivity contribution >= 4 is 11.6 Å². The zero-order chi connectivity index (χ0) is 13.0. The van der Waals surface area contributed by atoms with Crippen LogP contribution < -0.4 is 0 Å². The highest BCUT2D eigenvalue weighted by atomic mass is 35.5. The Kier molecular flexibility index (Phi) is 4.40. The number of benzene rings is 2. The highest BCUT2D eigenvalue weighted by Crippen LogP contribution is 2.27. The van der Waals surface area contributed by atoms with Crippen molar-refractivity contribution in [3.8, 4) is 0 Å². The fourth-order valence-corrected chi connectivity index (χ4v) is 2.31. The molecule has 1 nitrogen and oxygen atoms in total. The lowest BCUT2D eigenvalue weighted by Crippen LogP contribution is -2.12. The largest absolute Gasteiger partial charge is 0.388 e. The van der Waals surface area contributed by atoms with Crippen molar-refractivity contribution in [2.75, 3.05) is 0 Å². The second-order valence-corrected chi connectivity index (χ2v) is 5.04. The zero-order valence-electron chi connectivity index (χ0n) is 10.4. The lowest BCUT2D eigenvalue weighted by Gasteiger charge is -2.19. The van der Waals surface area contributed by atoms with Gasteiger partial charge in [-0.3, -0.25) is 0 Å². The van der Waals surface area contributed by atoms with E-state index >= 15 is 0 Å². The molecule has 0 bridgehead atoms. The third kappa shape index (κ3) is 3.12. The van der Waals surface area contributed by atoms with E-state index in [2.05, 4.69) is 0 Å². The van der Waals surface area contributed by atoms with Crippen molar-refractivity contribution in [1.82, 2.24) is 0 Å². The van der Waals surface area contributed by atoms with Crippen molar-refractivity contribution in [2.24, 2.45) is 5.92 Å². The summed E-state index contributed by atoms with van der Waals surface area (Å²) in [7, 11) is 0. The summed E-state index contributed by atoms with van der Waals surface area (Å²) in [5.74, 6) is 0.132. The molecule has 0 spiro atoms. The number of hydrogen-bond donors (Lipinski definition) is 1. The third-order valence-electron chi connectivity index (χ3n) is 3.18. The summed E-state index contributed by atoms with van der Waals surface area (Å²) in [4.78, 5) is 0. The van der Waals surface area contributed by atoms with Gasteiger partial charge in [0, 0.05) is 5.02 Å². The Morgan fingerprint density at radius 2 is 1.61 bits per heavy atom. The topological polar surface area (TPSA) is 20.2 Å². The van der Waals surface area contributed by atoms with E-state index in [4.69, 9.17) is 11.6 Å². The van der Waals surface area contributed by atoms with E-state index in [0.29, 0.717) is 0 Å². The average Bonchev–Trinajstić information content (AvgIpc) is 2.41. The van der Waals surface area contributed by atoms with Crippen LogP contribution in [-0.4, -0.2) is 5.11 Å². The quantitative estimate of drug-likeness (QED) is 0.871. The first kappa shape index (κ1) is 13.1. The van der Waals surface area contributed by atoms with Crippen molar-refractivity contribution in [1.29, 1.82) is 0 Å². The van der Waals surface area contributed by atoms with Gasteiger partial charge in [-0.25, -0.2) is 0 Å². The maximum atomic E-state index is 10.3. The molecule has 0 aliphatic rings. The van der Waals surface area contributed by atoms with Gasteiger partial charge in [-0.2, -0.15) is 0 Å². The summed E-state index contributed by atoms with van der Waals surface area (Å²) < 4.78 is 0. The van der Waals surface area contributed by atoms with Gasteiger partial charge in [0.05, 0.1) is 6.10 Å². The highest BCUT2D eigenvalue weighted by molar-refractivity contribution is 6.31. The van der Waals surface area contributed by atoms with Crippen molar-refractivity contribution < 1.29 is 5.11 Å². The second-order valence-electron chi connectivity index (χ2n) is 4.63. The molecule has 0 aliphatic carbocycles. The standard InChI is InChI=1S/C16H17ClO/c1-12(11-14-9-5-6-10-15(14)17)16(18)13-7-3-2-4-8-13/h2-10,12,16,18H,11H2,1H3. The Labute approximate surface area is 113 Å². The van der Waals surface area contributed by atoms with E-state index in [1.807, 2.05) is 61.5 Å². The van der Waals surface area contributed by atoms with Gasteiger partial charge in [-0.1, -0.05) is 67.1 Å². The van der Waals surface area contributed by atoms with Crippen LogP contribution in [0.15, 0.2) is 54.6 Å². The van der Waals surface area contributed by atoms with Crippen molar-refractivity contribution in [2.45, 2.75) is 19.4 Å². The molecule has 2 rings (SSSR count). The summed E-state index contributed by atoms with van der Waals surface area (Å²) in [5.41, 5.74) is 2.04. The van der Waals surface area contributed by atoms with Crippen LogP contribution in [-0.2, 0) is 6.42 Å². The smallest absolute Gasteiger partial charge is 0.0818 e. The minimum atomic E-state index is -0.456. The monoisotopic (exact) mass is 260 g/mol.